The summed E-state index contributed by atoms with van der Waals surface area (Å²) in [4.78, 5) is 39.9. The molecule has 1 aromatic rings. The number of amides is 2. The summed E-state index contributed by atoms with van der Waals surface area (Å²) < 4.78 is 0. The van der Waals surface area contributed by atoms with E-state index in [0.29, 0.717) is 36.6 Å². The van der Waals surface area contributed by atoms with Gasteiger partial charge in [-0.25, -0.2) is 0 Å². The summed E-state index contributed by atoms with van der Waals surface area (Å²) in [5, 5.41) is 9.19. The fourth-order valence-electron chi connectivity index (χ4n) is 3.18. The van der Waals surface area contributed by atoms with E-state index in [0.717, 1.165) is 0 Å². The van der Waals surface area contributed by atoms with Crippen LogP contribution in [-0.4, -0.2) is 63.5 Å². The maximum atomic E-state index is 12.8. The van der Waals surface area contributed by atoms with Crippen LogP contribution in [0.3, 0.4) is 0 Å². The molecule has 0 aromatic heterocycles. The van der Waals surface area contributed by atoms with E-state index in [2.05, 4.69) is 0 Å². The number of carboxylic acid groups (broad SMARTS) is 1. The van der Waals surface area contributed by atoms with E-state index in [-0.39, 0.29) is 18.4 Å². The Balaban J connectivity index is 1.72. The van der Waals surface area contributed by atoms with Crippen molar-refractivity contribution in [2.24, 2.45) is 5.92 Å². The average molecular weight is 348 g/mol. The van der Waals surface area contributed by atoms with E-state index < -0.39 is 17.9 Å². The van der Waals surface area contributed by atoms with Gasteiger partial charge in [0.25, 0.3) is 5.91 Å². The van der Waals surface area contributed by atoms with Crippen LogP contribution in [0.15, 0.2) is 30.3 Å². The Morgan fingerprint density at radius 3 is 2.62 bits per heavy atom. The number of likely N-dealkylation sites (tertiary alicyclic amines) is 1. The minimum Gasteiger partial charge on any atom is -0.481 e. The van der Waals surface area contributed by atoms with Crippen molar-refractivity contribution in [3.8, 4) is 0 Å². The molecule has 2 aliphatic heterocycles. The van der Waals surface area contributed by atoms with Crippen LogP contribution in [0.5, 0.6) is 0 Å². The largest absolute Gasteiger partial charge is 0.481 e. The van der Waals surface area contributed by atoms with Crippen molar-refractivity contribution in [1.82, 2.24) is 9.80 Å². The number of aliphatic carboxylic acids is 1. The highest BCUT2D eigenvalue weighted by Gasteiger charge is 2.39. The molecule has 2 fully saturated rings. The molecule has 1 unspecified atom stereocenters. The Morgan fingerprint density at radius 1 is 1.17 bits per heavy atom. The Bertz CT molecular complexity index is 637. The van der Waals surface area contributed by atoms with Crippen LogP contribution < -0.4 is 0 Å². The zero-order chi connectivity index (χ0) is 17.1. The smallest absolute Gasteiger partial charge is 0.308 e. The molecule has 0 radical (unpaired) electrons. The number of carboxylic acids is 1. The molecule has 6 nitrogen and oxygen atoms in total. The van der Waals surface area contributed by atoms with E-state index in [9.17, 15) is 19.5 Å². The third-order valence-corrected chi connectivity index (χ3v) is 5.54. The second-order valence-corrected chi connectivity index (χ2v) is 7.12. The lowest BCUT2D eigenvalue weighted by Crippen LogP contribution is -2.52. The Kier molecular flexibility index (Phi) is 5.08. The van der Waals surface area contributed by atoms with Crippen molar-refractivity contribution in [2.75, 3.05) is 24.7 Å². The SMILES string of the molecule is O=C(O)[C@H]1CCCN(C(=O)C2CSCN2C(=O)c2ccccc2)C1. The van der Waals surface area contributed by atoms with E-state index in [1.165, 1.54) is 0 Å². The van der Waals surface area contributed by atoms with Gasteiger partial charge < -0.3 is 14.9 Å². The van der Waals surface area contributed by atoms with Gasteiger partial charge >= 0.3 is 5.97 Å². The van der Waals surface area contributed by atoms with Gasteiger partial charge in [0.1, 0.15) is 6.04 Å². The molecule has 3 rings (SSSR count). The van der Waals surface area contributed by atoms with Gasteiger partial charge in [-0.3, -0.25) is 14.4 Å². The number of hydrogen-bond donors (Lipinski definition) is 1. The fourth-order valence-corrected chi connectivity index (χ4v) is 4.33. The van der Waals surface area contributed by atoms with Gasteiger partial charge in [0, 0.05) is 24.4 Å². The summed E-state index contributed by atoms with van der Waals surface area (Å²) >= 11 is 1.55. The predicted molar refractivity (Wildman–Crippen MR) is 90.7 cm³/mol. The second kappa shape index (κ2) is 7.25. The molecule has 0 spiro atoms. The van der Waals surface area contributed by atoms with Gasteiger partial charge in [0.05, 0.1) is 11.8 Å². The van der Waals surface area contributed by atoms with Crippen LogP contribution in [0.1, 0.15) is 23.2 Å². The summed E-state index contributed by atoms with van der Waals surface area (Å²) in [6, 6.07) is 8.43. The predicted octanol–water partition coefficient (Wildman–Crippen LogP) is 1.52. The first-order valence-electron chi connectivity index (χ1n) is 8.03. The normalized spacial score (nSPS) is 24.0. The number of rotatable bonds is 3. The van der Waals surface area contributed by atoms with Gasteiger partial charge in [-0.1, -0.05) is 18.2 Å². The molecule has 2 heterocycles. The third-order valence-electron chi connectivity index (χ3n) is 4.53. The Morgan fingerprint density at radius 2 is 1.92 bits per heavy atom. The van der Waals surface area contributed by atoms with Crippen molar-refractivity contribution in [3.05, 3.63) is 35.9 Å². The molecule has 0 bridgehead atoms. The maximum absolute atomic E-state index is 12.8. The topological polar surface area (TPSA) is 77.9 Å². The summed E-state index contributed by atoms with van der Waals surface area (Å²) in [6.07, 6.45) is 1.29. The molecule has 128 valence electrons. The lowest BCUT2D eigenvalue weighted by atomic mass is 9.97. The van der Waals surface area contributed by atoms with Crippen LogP contribution in [0.25, 0.3) is 0 Å². The Hall–Kier alpha value is -2.02. The first-order valence-corrected chi connectivity index (χ1v) is 9.18. The van der Waals surface area contributed by atoms with E-state index in [1.807, 2.05) is 6.07 Å². The highest BCUT2D eigenvalue weighted by atomic mass is 32.2. The molecule has 0 aliphatic carbocycles. The minimum absolute atomic E-state index is 0.129. The van der Waals surface area contributed by atoms with Crippen molar-refractivity contribution in [3.63, 3.8) is 0 Å². The molecule has 1 aromatic carbocycles. The highest BCUT2D eigenvalue weighted by Crippen LogP contribution is 2.26. The Labute approximate surface area is 144 Å². The molecular formula is C17H20N2O4S. The van der Waals surface area contributed by atoms with Gasteiger partial charge in [0.15, 0.2) is 0 Å². The number of carbonyl (C=O) groups is 3. The zero-order valence-electron chi connectivity index (χ0n) is 13.3. The second-order valence-electron chi connectivity index (χ2n) is 6.12. The van der Waals surface area contributed by atoms with E-state index >= 15 is 0 Å². The first-order chi connectivity index (χ1) is 11.6. The lowest BCUT2D eigenvalue weighted by molar-refractivity contribution is -0.146. The van der Waals surface area contributed by atoms with Crippen molar-refractivity contribution in [2.45, 2.75) is 18.9 Å². The van der Waals surface area contributed by atoms with Gasteiger partial charge in [-0.05, 0) is 25.0 Å². The van der Waals surface area contributed by atoms with Crippen LogP contribution in [0, 0.1) is 5.92 Å². The molecule has 2 saturated heterocycles. The first kappa shape index (κ1) is 16.8. The van der Waals surface area contributed by atoms with Crippen LogP contribution in [0.2, 0.25) is 0 Å². The van der Waals surface area contributed by atoms with Crippen molar-refractivity contribution >= 4 is 29.5 Å². The van der Waals surface area contributed by atoms with Crippen molar-refractivity contribution in [1.29, 1.82) is 0 Å². The fraction of sp³-hybridized carbons (Fsp3) is 0.471. The van der Waals surface area contributed by atoms with Crippen molar-refractivity contribution < 1.29 is 19.5 Å². The molecular weight excluding hydrogens is 328 g/mol. The van der Waals surface area contributed by atoms with Gasteiger partial charge in [-0.15, -0.1) is 11.8 Å². The van der Waals surface area contributed by atoms with Crippen LogP contribution in [0.4, 0.5) is 0 Å². The third kappa shape index (κ3) is 3.40. The van der Waals surface area contributed by atoms with Crippen LogP contribution >= 0.6 is 11.8 Å². The van der Waals surface area contributed by atoms with Gasteiger partial charge in [0.2, 0.25) is 5.91 Å². The number of benzene rings is 1. The summed E-state index contributed by atoms with van der Waals surface area (Å²) in [5.74, 6) is -0.590. The minimum atomic E-state index is -0.856. The molecule has 1 N–H and O–H groups in total. The molecule has 24 heavy (non-hydrogen) atoms. The summed E-state index contributed by atoms with van der Waals surface area (Å²) in [7, 11) is 0. The van der Waals surface area contributed by atoms with E-state index in [4.69, 9.17) is 0 Å². The van der Waals surface area contributed by atoms with E-state index in [1.54, 1.807) is 45.8 Å². The lowest BCUT2D eigenvalue weighted by Gasteiger charge is -2.34. The van der Waals surface area contributed by atoms with Gasteiger partial charge in [-0.2, -0.15) is 0 Å². The maximum Gasteiger partial charge on any atom is 0.308 e. The summed E-state index contributed by atoms with van der Waals surface area (Å²) in [6.45, 7) is 0.805. The highest BCUT2D eigenvalue weighted by molar-refractivity contribution is 7.99. The number of nitrogens with zero attached hydrogens (tertiary/aromatic N) is 2. The average Bonchev–Trinajstić information content (AvgIpc) is 3.11. The molecule has 0 saturated carbocycles. The number of piperidine rings is 1. The molecule has 2 atom stereocenters. The monoisotopic (exact) mass is 348 g/mol. The summed E-state index contributed by atoms with van der Waals surface area (Å²) in [5.41, 5.74) is 0.569. The number of hydrogen-bond acceptors (Lipinski definition) is 4. The molecule has 7 heteroatoms. The number of thioether (sulfide) groups is 1. The number of carbonyl (C=O) groups excluding carboxylic acids is 2. The molecule has 2 amide bonds. The van der Waals surface area contributed by atoms with Crippen LogP contribution in [-0.2, 0) is 9.59 Å². The molecule has 2 aliphatic rings. The standard InChI is InChI=1S/C17H20N2O4S/c20-15(12-5-2-1-3-6-12)19-11-24-10-14(19)16(21)18-8-4-7-13(9-18)17(22)23/h1-3,5-6,13-14H,4,7-11H2,(H,22,23)/t13-,14?/m0/s1. The zero-order valence-corrected chi connectivity index (χ0v) is 14.1. The quantitative estimate of drug-likeness (QED) is 0.896.